The molecule has 0 fully saturated rings. The van der Waals surface area contributed by atoms with Crippen molar-refractivity contribution in [2.24, 2.45) is 0 Å². The molecule has 13 heavy (non-hydrogen) atoms. The van der Waals surface area contributed by atoms with E-state index in [-0.39, 0.29) is 17.9 Å². The number of H-pyrrole nitrogens is 1. The van der Waals surface area contributed by atoms with Crippen LogP contribution in [0.5, 0.6) is 0 Å². The van der Waals surface area contributed by atoms with Crippen molar-refractivity contribution in [3.05, 3.63) is 21.7 Å². The molecule has 0 bridgehead atoms. The van der Waals surface area contributed by atoms with Gasteiger partial charge >= 0.3 is 5.97 Å². The maximum absolute atomic E-state index is 11.0. The van der Waals surface area contributed by atoms with Gasteiger partial charge in [-0.3, -0.25) is 9.59 Å². The number of carbonyl (C=O) groups is 1. The van der Waals surface area contributed by atoms with Crippen molar-refractivity contribution in [1.82, 2.24) is 5.16 Å². The molecule has 0 amide bonds. The lowest BCUT2D eigenvalue weighted by atomic mass is 10.1. The molecule has 0 aliphatic rings. The van der Waals surface area contributed by atoms with Crippen LogP contribution in [0.15, 0.2) is 9.32 Å². The molecule has 5 heteroatoms. The molecule has 72 valence electrons. The first-order valence-corrected chi connectivity index (χ1v) is 3.89. The Labute approximate surface area is 74.7 Å². The minimum absolute atomic E-state index is 0.194. The number of ether oxygens (including phenoxy) is 1. The van der Waals surface area contributed by atoms with Crippen molar-refractivity contribution >= 4 is 5.97 Å². The molecule has 1 N–H and O–H groups in total. The summed E-state index contributed by atoms with van der Waals surface area (Å²) in [5, 5.41) is 2.20. The highest BCUT2D eigenvalue weighted by Gasteiger charge is 2.10. The van der Waals surface area contributed by atoms with Crippen LogP contribution in [0.4, 0.5) is 0 Å². The van der Waals surface area contributed by atoms with Crippen molar-refractivity contribution in [2.75, 3.05) is 7.11 Å². The zero-order chi connectivity index (χ0) is 9.84. The summed E-state index contributed by atoms with van der Waals surface area (Å²) in [6.45, 7) is 1.67. The number of nitrogens with one attached hydrogen (secondary N) is 1. The maximum Gasteiger partial charge on any atom is 0.305 e. The Morgan fingerprint density at radius 3 is 2.77 bits per heavy atom. The third kappa shape index (κ3) is 2.21. The van der Waals surface area contributed by atoms with Gasteiger partial charge in [0.25, 0.3) is 5.56 Å². The van der Waals surface area contributed by atoms with Crippen LogP contribution < -0.4 is 5.56 Å². The first-order chi connectivity index (χ1) is 6.15. The molecule has 0 atom stereocenters. The van der Waals surface area contributed by atoms with Gasteiger partial charge in [0.2, 0.25) is 0 Å². The Kier molecular flexibility index (Phi) is 2.89. The van der Waals surface area contributed by atoms with Crippen LogP contribution in [0.2, 0.25) is 0 Å². The van der Waals surface area contributed by atoms with Gasteiger partial charge in [-0.15, -0.1) is 0 Å². The average Bonchev–Trinajstić information content (AvgIpc) is 2.43. The van der Waals surface area contributed by atoms with Gasteiger partial charge in [-0.25, -0.2) is 0 Å². The zero-order valence-corrected chi connectivity index (χ0v) is 7.55. The minimum Gasteiger partial charge on any atom is -0.469 e. The van der Waals surface area contributed by atoms with Gasteiger partial charge < -0.3 is 9.26 Å². The van der Waals surface area contributed by atoms with Gasteiger partial charge in [0.15, 0.2) is 0 Å². The van der Waals surface area contributed by atoms with E-state index >= 15 is 0 Å². The first-order valence-electron chi connectivity index (χ1n) is 3.89. The maximum atomic E-state index is 11.0. The van der Waals surface area contributed by atoms with Crippen molar-refractivity contribution in [3.8, 4) is 0 Å². The van der Waals surface area contributed by atoms with Crippen molar-refractivity contribution < 1.29 is 14.1 Å². The van der Waals surface area contributed by atoms with Crippen LogP contribution in [0, 0.1) is 6.92 Å². The molecule has 5 nitrogen and oxygen atoms in total. The molecule has 0 unspecified atom stereocenters. The number of hydrogen-bond donors (Lipinski definition) is 1. The highest BCUT2D eigenvalue weighted by Crippen LogP contribution is 2.04. The minimum atomic E-state index is -0.333. The normalized spacial score (nSPS) is 10.0. The van der Waals surface area contributed by atoms with Crippen molar-refractivity contribution in [1.29, 1.82) is 0 Å². The predicted octanol–water partition coefficient (Wildman–Crippen LogP) is 0.382. The standard InChI is InChI=1S/C8H11NO4/c1-5-6(8(11)9-13-5)3-4-7(10)12-2/h3-4H2,1-2H3,(H,9,11). The van der Waals surface area contributed by atoms with Crippen LogP contribution in [-0.4, -0.2) is 18.2 Å². The van der Waals surface area contributed by atoms with Gasteiger partial charge in [0, 0.05) is 6.42 Å². The Morgan fingerprint density at radius 1 is 1.62 bits per heavy atom. The number of carbonyl (C=O) groups excluding carboxylic acids is 1. The Bertz CT molecular complexity index is 349. The summed E-state index contributed by atoms with van der Waals surface area (Å²) in [7, 11) is 1.31. The summed E-state index contributed by atoms with van der Waals surface area (Å²) < 4.78 is 9.22. The lowest BCUT2D eigenvalue weighted by molar-refractivity contribution is -0.140. The van der Waals surface area contributed by atoms with E-state index in [1.54, 1.807) is 6.92 Å². The van der Waals surface area contributed by atoms with E-state index in [9.17, 15) is 9.59 Å². The van der Waals surface area contributed by atoms with Crippen LogP contribution in [0.3, 0.4) is 0 Å². The Hall–Kier alpha value is -1.52. The number of aryl methyl sites for hydroxylation is 1. The highest BCUT2D eigenvalue weighted by atomic mass is 16.5. The Balaban J connectivity index is 2.64. The number of hydrogen-bond acceptors (Lipinski definition) is 4. The van der Waals surface area contributed by atoms with E-state index in [0.717, 1.165) is 0 Å². The molecule has 0 spiro atoms. The fraction of sp³-hybridized carbons (Fsp3) is 0.500. The average molecular weight is 185 g/mol. The molecule has 0 aromatic carbocycles. The van der Waals surface area contributed by atoms with Gasteiger partial charge in [-0.2, -0.15) is 5.16 Å². The Morgan fingerprint density at radius 2 is 2.31 bits per heavy atom. The molecule has 1 aromatic rings. The summed E-state index contributed by atoms with van der Waals surface area (Å²) in [6.07, 6.45) is 0.546. The summed E-state index contributed by atoms with van der Waals surface area (Å²) >= 11 is 0. The monoisotopic (exact) mass is 185 g/mol. The second-order valence-electron chi connectivity index (χ2n) is 2.64. The molecule has 0 saturated heterocycles. The van der Waals surface area contributed by atoms with E-state index in [2.05, 4.69) is 9.89 Å². The summed E-state index contributed by atoms with van der Waals surface area (Å²) in [4.78, 5) is 21.8. The molecular formula is C8H11NO4. The fourth-order valence-corrected chi connectivity index (χ4v) is 1.02. The van der Waals surface area contributed by atoms with E-state index < -0.39 is 0 Å². The summed E-state index contributed by atoms with van der Waals surface area (Å²) in [6, 6.07) is 0. The topological polar surface area (TPSA) is 72.3 Å². The third-order valence-corrected chi connectivity index (χ3v) is 1.80. The molecule has 0 aliphatic carbocycles. The molecule has 1 aromatic heterocycles. The summed E-state index contributed by atoms with van der Waals surface area (Å²) in [5.74, 6) is 0.189. The van der Waals surface area contributed by atoms with Crippen LogP contribution in [0.25, 0.3) is 0 Å². The molecule has 1 rings (SSSR count). The number of methoxy groups -OCH3 is 1. The lowest BCUT2D eigenvalue weighted by Gasteiger charge is -1.95. The first kappa shape index (κ1) is 9.57. The van der Waals surface area contributed by atoms with E-state index in [4.69, 9.17) is 4.52 Å². The third-order valence-electron chi connectivity index (χ3n) is 1.80. The van der Waals surface area contributed by atoms with Gasteiger partial charge in [0.05, 0.1) is 12.7 Å². The highest BCUT2D eigenvalue weighted by molar-refractivity contribution is 5.69. The molecule has 1 heterocycles. The number of esters is 1. The van der Waals surface area contributed by atoms with Gasteiger partial charge in [-0.1, -0.05) is 0 Å². The largest absolute Gasteiger partial charge is 0.469 e. The summed E-state index contributed by atoms with van der Waals surface area (Å²) in [5.41, 5.74) is 0.229. The molecule has 0 saturated carbocycles. The van der Waals surface area contributed by atoms with Gasteiger partial charge in [-0.05, 0) is 13.3 Å². The van der Waals surface area contributed by atoms with Crippen molar-refractivity contribution in [2.45, 2.75) is 19.8 Å². The van der Waals surface area contributed by atoms with Gasteiger partial charge in [0.1, 0.15) is 5.76 Å². The fourth-order valence-electron chi connectivity index (χ4n) is 1.02. The molecular weight excluding hydrogens is 174 g/mol. The molecule has 0 radical (unpaired) electrons. The SMILES string of the molecule is COC(=O)CCc1c(C)o[nH]c1=O. The number of aromatic amines is 1. The second kappa shape index (κ2) is 3.93. The number of rotatable bonds is 3. The molecule has 0 aliphatic heterocycles. The zero-order valence-electron chi connectivity index (χ0n) is 7.55. The second-order valence-corrected chi connectivity index (χ2v) is 2.64. The van der Waals surface area contributed by atoms with E-state index in [0.29, 0.717) is 17.7 Å². The predicted molar refractivity (Wildman–Crippen MR) is 44.4 cm³/mol. The van der Waals surface area contributed by atoms with Crippen molar-refractivity contribution in [3.63, 3.8) is 0 Å². The van der Waals surface area contributed by atoms with Crippen LogP contribution in [0.1, 0.15) is 17.7 Å². The lowest BCUT2D eigenvalue weighted by Crippen LogP contribution is -2.09. The number of aromatic nitrogens is 1. The van der Waals surface area contributed by atoms with Crippen LogP contribution in [-0.2, 0) is 16.0 Å². The van der Waals surface area contributed by atoms with E-state index in [1.165, 1.54) is 7.11 Å². The van der Waals surface area contributed by atoms with E-state index in [1.807, 2.05) is 0 Å². The quantitative estimate of drug-likeness (QED) is 0.691. The smallest absolute Gasteiger partial charge is 0.305 e. The van der Waals surface area contributed by atoms with Crippen LogP contribution >= 0.6 is 0 Å².